The molecule has 2 aliphatic rings. The normalized spacial score (nSPS) is 17.6. The Bertz CT molecular complexity index is 1130. The summed E-state index contributed by atoms with van der Waals surface area (Å²) in [6.07, 6.45) is 7.62. The molecule has 0 radical (unpaired) electrons. The number of hydrogen-bond acceptors (Lipinski definition) is 7. The van der Waals surface area contributed by atoms with Crippen LogP contribution in [-0.2, 0) is 22.5 Å². The van der Waals surface area contributed by atoms with Crippen LogP contribution in [0.15, 0.2) is 4.79 Å². The van der Waals surface area contributed by atoms with Gasteiger partial charge in [0.05, 0.1) is 5.39 Å². The molecule has 1 fully saturated rings. The number of carbonyl (C=O) groups is 3. The summed E-state index contributed by atoms with van der Waals surface area (Å²) in [5.41, 5.74) is 0.384. The summed E-state index contributed by atoms with van der Waals surface area (Å²) < 4.78 is 7.04. The van der Waals surface area contributed by atoms with Crippen molar-refractivity contribution in [2.75, 3.05) is 0 Å². The van der Waals surface area contributed by atoms with Crippen LogP contribution in [0.4, 0.5) is 4.79 Å². The maximum Gasteiger partial charge on any atom is 0.349 e. The highest BCUT2D eigenvalue weighted by Crippen LogP contribution is 2.29. The zero-order chi connectivity index (χ0) is 23.5. The zero-order valence-electron chi connectivity index (χ0n) is 19.1. The third kappa shape index (κ3) is 5.10. The van der Waals surface area contributed by atoms with Gasteiger partial charge in [0.25, 0.3) is 11.5 Å². The van der Waals surface area contributed by atoms with Crippen molar-refractivity contribution >= 4 is 39.5 Å². The molecule has 0 saturated heterocycles. The molecular formula is C23H30N4O5S. The Kier molecular flexibility index (Phi) is 7.11. The highest BCUT2D eigenvalue weighted by atomic mass is 32.1. The third-order valence-electron chi connectivity index (χ3n) is 6.43. The van der Waals surface area contributed by atoms with Crippen LogP contribution in [-0.4, -0.2) is 39.6 Å². The quantitative estimate of drug-likeness (QED) is 0.657. The number of nitrogens with one attached hydrogen (secondary N) is 2. The minimum atomic E-state index is -1.16. The monoisotopic (exact) mass is 474 g/mol. The SMILES string of the molecule is Cc1c(C(=O)OC(C)C(=O)NC(=O)NC2CCCCC2)sc2nc3n(c(=O)c12)CCCCC3. The van der Waals surface area contributed by atoms with E-state index in [0.29, 0.717) is 22.3 Å². The summed E-state index contributed by atoms with van der Waals surface area (Å²) in [4.78, 5) is 55.8. The summed E-state index contributed by atoms with van der Waals surface area (Å²) in [5, 5.41) is 5.48. The Balaban J connectivity index is 1.44. The van der Waals surface area contributed by atoms with Crippen LogP contribution in [0.3, 0.4) is 0 Å². The second-order valence-corrected chi connectivity index (χ2v) is 9.88. The average molecular weight is 475 g/mol. The van der Waals surface area contributed by atoms with E-state index in [2.05, 4.69) is 15.6 Å². The molecule has 9 nitrogen and oxygen atoms in total. The first-order chi connectivity index (χ1) is 15.8. The minimum Gasteiger partial charge on any atom is -0.448 e. The van der Waals surface area contributed by atoms with E-state index in [1.54, 1.807) is 11.5 Å². The zero-order valence-corrected chi connectivity index (χ0v) is 19.9. The number of fused-ring (bicyclic) bond motifs is 2. The van der Waals surface area contributed by atoms with E-state index >= 15 is 0 Å². The Morgan fingerprint density at radius 1 is 1.12 bits per heavy atom. The standard InChI is InChI=1S/C23H30N4O5S/c1-13-17-20(25-16-11-7-4-8-12-27(16)21(17)29)33-18(13)22(30)32-14(2)19(28)26-23(31)24-15-9-5-3-6-10-15/h14-15H,3-12H2,1-2H3,(H2,24,26,28,31). The van der Waals surface area contributed by atoms with Crippen molar-refractivity contribution in [3.63, 3.8) is 0 Å². The maximum absolute atomic E-state index is 13.1. The number of imide groups is 1. The average Bonchev–Trinajstić information content (AvgIpc) is 2.95. The number of hydrogen-bond donors (Lipinski definition) is 2. The first kappa shape index (κ1) is 23.4. The fraction of sp³-hybridized carbons (Fsp3) is 0.609. The van der Waals surface area contributed by atoms with Gasteiger partial charge in [0.15, 0.2) is 6.10 Å². The fourth-order valence-electron chi connectivity index (χ4n) is 4.55. The lowest BCUT2D eigenvalue weighted by atomic mass is 9.96. The number of nitrogens with zero attached hydrogens (tertiary/aromatic N) is 2. The molecule has 0 bridgehead atoms. The van der Waals surface area contributed by atoms with Gasteiger partial charge in [-0.3, -0.25) is 19.5 Å². The second kappa shape index (κ2) is 10.0. The van der Waals surface area contributed by atoms with Crippen LogP contribution >= 0.6 is 11.3 Å². The number of carbonyl (C=O) groups excluding carboxylic acids is 3. The number of esters is 1. The molecule has 2 N–H and O–H groups in total. The van der Waals surface area contributed by atoms with E-state index in [-0.39, 0.29) is 16.5 Å². The lowest BCUT2D eigenvalue weighted by Crippen LogP contribution is -2.48. The molecule has 3 amide bonds. The van der Waals surface area contributed by atoms with E-state index in [1.807, 2.05) is 0 Å². The maximum atomic E-state index is 13.1. The fourth-order valence-corrected chi connectivity index (χ4v) is 5.63. The summed E-state index contributed by atoms with van der Waals surface area (Å²) in [5.74, 6) is -0.645. The Hall–Kier alpha value is -2.75. The highest BCUT2D eigenvalue weighted by Gasteiger charge is 2.27. The number of aromatic nitrogens is 2. The molecular weight excluding hydrogens is 444 g/mol. The Morgan fingerprint density at radius 3 is 2.61 bits per heavy atom. The number of urea groups is 1. The van der Waals surface area contributed by atoms with Gasteiger partial charge in [0.2, 0.25) is 0 Å². The van der Waals surface area contributed by atoms with E-state index < -0.39 is 24.0 Å². The topological polar surface area (TPSA) is 119 Å². The molecule has 178 valence electrons. The summed E-state index contributed by atoms with van der Waals surface area (Å²) in [6.45, 7) is 3.75. The first-order valence-corrected chi connectivity index (χ1v) is 12.5. The second-order valence-electron chi connectivity index (χ2n) is 8.88. The van der Waals surface area contributed by atoms with E-state index in [9.17, 15) is 19.2 Å². The van der Waals surface area contributed by atoms with Crippen molar-refractivity contribution in [2.24, 2.45) is 0 Å². The van der Waals surface area contributed by atoms with Crippen molar-refractivity contribution in [3.05, 3.63) is 26.6 Å². The largest absolute Gasteiger partial charge is 0.448 e. The minimum absolute atomic E-state index is 0.0624. The number of aryl methyl sites for hydroxylation is 2. The summed E-state index contributed by atoms with van der Waals surface area (Å²) >= 11 is 1.11. The van der Waals surface area contributed by atoms with Crippen molar-refractivity contribution in [1.82, 2.24) is 20.2 Å². The van der Waals surface area contributed by atoms with Crippen LogP contribution in [0, 0.1) is 6.92 Å². The van der Waals surface area contributed by atoms with E-state index in [4.69, 9.17) is 4.74 Å². The van der Waals surface area contributed by atoms with Gasteiger partial charge in [0, 0.05) is 19.0 Å². The van der Waals surface area contributed by atoms with Crippen LogP contribution < -0.4 is 16.2 Å². The van der Waals surface area contributed by atoms with Gasteiger partial charge in [-0.2, -0.15) is 0 Å². The molecule has 2 aromatic heterocycles. The molecule has 1 aliphatic carbocycles. The van der Waals surface area contributed by atoms with Crippen molar-refractivity contribution in [1.29, 1.82) is 0 Å². The predicted octanol–water partition coefficient (Wildman–Crippen LogP) is 3.20. The van der Waals surface area contributed by atoms with Gasteiger partial charge in [-0.25, -0.2) is 14.6 Å². The number of thiophene rings is 1. The Labute approximate surface area is 195 Å². The molecule has 1 aliphatic heterocycles. The molecule has 0 spiro atoms. The molecule has 3 heterocycles. The van der Waals surface area contributed by atoms with Crippen molar-refractivity contribution in [2.45, 2.75) is 90.3 Å². The molecule has 2 aromatic rings. The molecule has 1 unspecified atom stereocenters. The first-order valence-electron chi connectivity index (χ1n) is 11.7. The van der Waals surface area contributed by atoms with Crippen LogP contribution in [0.2, 0.25) is 0 Å². The van der Waals surface area contributed by atoms with Gasteiger partial charge in [-0.1, -0.05) is 25.7 Å². The van der Waals surface area contributed by atoms with Gasteiger partial charge in [0.1, 0.15) is 15.5 Å². The molecule has 1 atom stereocenters. The van der Waals surface area contributed by atoms with Gasteiger partial charge >= 0.3 is 12.0 Å². The number of rotatable bonds is 4. The highest BCUT2D eigenvalue weighted by molar-refractivity contribution is 7.20. The molecule has 0 aromatic carbocycles. The van der Waals surface area contributed by atoms with Crippen LogP contribution in [0.5, 0.6) is 0 Å². The third-order valence-corrected chi connectivity index (χ3v) is 7.59. The molecule has 1 saturated carbocycles. The predicted molar refractivity (Wildman–Crippen MR) is 125 cm³/mol. The van der Waals surface area contributed by atoms with Gasteiger partial charge < -0.3 is 10.1 Å². The summed E-state index contributed by atoms with van der Waals surface area (Å²) in [6, 6.07) is -0.515. The summed E-state index contributed by atoms with van der Waals surface area (Å²) in [7, 11) is 0. The molecule has 33 heavy (non-hydrogen) atoms. The van der Waals surface area contributed by atoms with Gasteiger partial charge in [-0.15, -0.1) is 11.3 Å². The van der Waals surface area contributed by atoms with Crippen LogP contribution in [0.1, 0.15) is 79.3 Å². The van der Waals surface area contributed by atoms with Crippen LogP contribution in [0.25, 0.3) is 10.2 Å². The lowest BCUT2D eigenvalue weighted by molar-refractivity contribution is -0.127. The van der Waals surface area contributed by atoms with E-state index in [1.165, 1.54) is 6.92 Å². The smallest absolute Gasteiger partial charge is 0.349 e. The van der Waals surface area contributed by atoms with Gasteiger partial charge in [-0.05, 0) is 45.1 Å². The van der Waals surface area contributed by atoms with Crippen molar-refractivity contribution in [3.8, 4) is 0 Å². The molecule has 10 heteroatoms. The lowest BCUT2D eigenvalue weighted by Gasteiger charge is -2.23. The number of ether oxygens (including phenoxy) is 1. The Morgan fingerprint density at radius 2 is 1.85 bits per heavy atom. The number of amides is 3. The van der Waals surface area contributed by atoms with Crippen molar-refractivity contribution < 1.29 is 19.1 Å². The molecule has 4 rings (SSSR count). The van der Waals surface area contributed by atoms with E-state index in [0.717, 1.165) is 74.9 Å².